The molecule has 0 spiro atoms. The SMILES string of the molecule is Cc1ccc(NC(=O)c2nc(C(=O)N3CCCCCC3)c3ccccn23)cc1. The zero-order valence-electron chi connectivity index (χ0n) is 16.0. The number of likely N-dealkylation sites (tertiary alicyclic amines) is 1. The van der Waals surface area contributed by atoms with E-state index in [9.17, 15) is 9.59 Å². The molecule has 6 heteroatoms. The minimum Gasteiger partial charge on any atom is -0.337 e. The van der Waals surface area contributed by atoms with E-state index < -0.39 is 0 Å². The second-order valence-corrected chi connectivity index (χ2v) is 7.27. The van der Waals surface area contributed by atoms with E-state index in [0.29, 0.717) is 16.9 Å². The van der Waals surface area contributed by atoms with Gasteiger partial charge < -0.3 is 10.2 Å². The van der Waals surface area contributed by atoms with Gasteiger partial charge in [-0.15, -0.1) is 0 Å². The molecular weight excluding hydrogens is 352 g/mol. The topological polar surface area (TPSA) is 66.7 Å². The van der Waals surface area contributed by atoms with E-state index in [2.05, 4.69) is 10.3 Å². The van der Waals surface area contributed by atoms with Crippen molar-refractivity contribution in [3.05, 3.63) is 65.7 Å². The van der Waals surface area contributed by atoms with Crippen LogP contribution in [0.2, 0.25) is 0 Å². The molecule has 2 aromatic heterocycles. The van der Waals surface area contributed by atoms with Crippen molar-refractivity contribution in [2.45, 2.75) is 32.6 Å². The molecular formula is C22H24N4O2. The van der Waals surface area contributed by atoms with Crippen molar-refractivity contribution in [3.63, 3.8) is 0 Å². The normalized spacial score (nSPS) is 14.7. The molecule has 2 amide bonds. The van der Waals surface area contributed by atoms with Gasteiger partial charge >= 0.3 is 0 Å². The smallest absolute Gasteiger partial charge is 0.292 e. The van der Waals surface area contributed by atoms with Crippen LogP contribution < -0.4 is 5.32 Å². The third-order valence-electron chi connectivity index (χ3n) is 5.16. The van der Waals surface area contributed by atoms with Crippen LogP contribution in [0.5, 0.6) is 0 Å². The number of carbonyl (C=O) groups excluding carboxylic acids is 2. The van der Waals surface area contributed by atoms with Crippen LogP contribution in [0.4, 0.5) is 5.69 Å². The highest BCUT2D eigenvalue weighted by Gasteiger charge is 2.25. The van der Waals surface area contributed by atoms with Gasteiger partial charge in [0.15, 0.2) is 5.69 Å². The van der Waals surface area contributed by atoms with E-state index in [1.165, 1.54) is 0 Å². The van der Waals surface area contributed by atoms with Gasteiger partial charge in [0, 0.05) is 25.0 Å². The summed E-state index contributed by atoms with van der Waals surface area (Å²) in [7, 11) is 0. The van der Waals surface area contributed by atoms with Gasteiger partial charge in [-0.2, -0.15) is 0 Å². The van der Waals surface area contributed by atoms with Crippen LogP contribution in [0, 0.1) is 6.92 Å². The van der Waals surface area contributed by atoms with Crippen LogP contribution in [-0.2, 0) is 0 Å². The molecule has 144 valence electrons. The van der Waals surface area contributed by atoms with Crippen molar-refractivity contribution in [1.29, 1.82) is 0 Å². The van der Waals surface area contributed by atoms with Crippen molar-refractivity contribution in [3.8, 4) is 0 Å². The molecule has 0 aliphatic carbocycles. The average Bonchev–Trinajstić information content (AvgIpc) is 2.89. The van der Waals surface area contributed by atoms with Gasteiger partial charge in [-0.05, 0) is 44.0 Å². The van der Waals surface area contributed by atoms with Gasteiger partial charge in [-0.3, -0.25) is 14.0 Å². The molecule has 1 aromatic carbocycles. The van der Waals surface area contributed by atoms with Crippen LogP contribution in [0.25, 0.3) is 5.52 Å². The lowest BCUT2D eigenvalue weighted by atomic mass is 10.2. The van der Waals surface area contributed by atoms with Crippen molar-refractivity contribution in [2.75, 3.05) is 18.4 Å². The maximum Gasteiger partial charge on any atom is 0.292 e. The van der Waals surface area contributed by atoms with Crippen LogP contribution >= 0.6 is 0 Å². The number of carbonyl (C=O) groups is 2. The number of nitrogens with one attached hydrogen (secondary N) is 1. The molecule has 1 N–H and O–H groups in total. The number of imidazole rings is 1. The van der Waals surface area contributed by atoms with E-state index in [4.69, 9.17) is 0 Å². The predicted octanol–water partition coefficient (Wildman–Crippen LogP) is 3.91. The summed E-state index contributed by atoms with van der Waals surface area (Å²) in [5.41, 5.74) is 2.82. The first-order chi connectivity index (χ1) is 13.6. The van der Waals surface area contributed by atoms with Crippen molar-refractivity contribution in [1.82, 2.24) is 14.3 Å². The number of anilines is 1. The number of pyridine rings is 1. The molecule has 3 aromatic rings. The quantitative estimate of drug-likeness (QED) is 0.754. The maximum atomic E-state index is 13.1. The Labute approximate surface area is 164 Å². The Morgan fingerprint density at radius 3 is 2.39 bits per heavy atom. The van der Waals surface area contributed by atoms with E-state index in [1.807, 2.05) is 54.3 Å². The Bertz CT molecular complexity index is 999. The number of hydrogen-bond donors (Lipinski definition) is 1. The summed E-state index contributed by atoms with van der Waals surface area (Å²) in [5.74, 6) is -0.214. The fraction of sp³-hybridized carbons (Fsp3) is 0.318. The van der Waals surface area contributed by atoms with Gasteiger partial charge in [0.1, 0.15) is 0 Å². The highest BCUT2D eigenvalue weighted by molar-refractivity contribution is 6.06. The average molecular weight is 376 g/mol. The summed E-state index contributed by atoms with van der Waals surface area (Å²) in [6.45, 7) is 3.49. The zero-order valence-corrected chi connectivity index (χ0v) is 16.0. The lowest BCUT2D eigenvalue weighted by Crippen LogP contribution is -2.32. The fourth-order valence-electron chi connectivity index (χ4n) is 3.60. The molecule has 1 aliphatic heterocycles. The van der Waals surface area contributed by atoms with Crippen LogP contribution in [0.3, 0.4) is 0 Å². The third-order valence-corrected chi connectivity index (χ3v) is 5.16. The number of hydrogen-bond acceptors (Lipinski definition) is 3. The van der Waals surface area contributed by atoms with Crippen LogP contribution in [-0.4, -0.2) is 39.2 Å². The summed E-state index contributed by atoms with van der Waals surface area (Å²) in [4.78, 5) is 32.3. The van der Waals surface area contributed by atoms with Crippen molar-refractivity contribution < 1.29 is 9.59 Å². The minimum absolute atomic E-state index is 0.0972. The molecule has 3 heterocycles. The molecule has 0 unspecified atom stereocenters. The number of amides is 2. The molecule has 6 nitrogen and oxygen atoms in total. The predicted molar refractivity (Wildman–Crippen MR) is 109 cm³/mol. The van der Waals surface area contributed by atoms with Crippen LogP contribution in [0.1, 0.15) is 52.4 Å². The molecule has 0 atom stereocenters. The molecule has 1 saturated heterocycles. The Kier molecular flexibility index (Phi) is 5.10. The Morgan fingerprint density at radius 2 is 1.68 bits per heavy atom. The van der Waals surface area contributed by atoms with Crippen molar-refractivity contribution >= 4 is 23.0 Å². The molecule has 1 fully saturated rings. The van der Waals surface area contributed by atoms with Crippen LogP contribution in [0.15, 0.2) is 48.7 Å². The monoisotopic (exact) mass is 376 g/mol. The highest BCUT2D eigenvalue weighted by Crippen LogP contribution is 2.19. The number of aromatic nitrogens is 2. The van der Waals surface area contributed by atoms with Gasteiger partial charge in [0.25, 0.3) is 11.8 Å². The molecule has 0 saturated carbocycles. The molecule has 0 radical (unpaired) electrons. The third kappa shape index (κ3) is 3.63. The fourth-order valence-corrected chi connectivity index (χ4v) is 3.60. The summed E-state index contributed by atoms with van der Waals surface area (Å²) in [5, 5.41) is 2.87. The van der Waals surface area contributed by atoms with E-state index in [-0.39, 0.29) is 17.6 Å². The van der Waals surface area contributed by atoms with Gasteiger partial charge in [0.05, 0.1) is 5.52 Å². The summed E-state index contributed by atoms with van der Waals surface area (Å²) < 4.78 is 1.69. The van der Waals surface area contributed by atoms with Gasteiger partial charge in [-0.25, -0.2) is 4.98 Å². The van der Waals surface area contributed by atoms with Gasteiger partial charge in [0.2, 0.25) is 5.82 Å². The summed E-state index contributed by atoms with van der Waals surface area (Å²) in [6, 6.07) is 13.1. The Morgan fingerprint density at radius 1 is 0.964 bits per heavy atom. The number of benzene rings is 1. The first-order valence-electron chi connectivity index (χ1n) is 9.78. The van der Waals surface area contributed by atoms with E-state index in [0.717, 1.165) is 44.3 Å². The number of aryl methyl sites for hydroxylation is 1. The number of fused-ring (bicyclic) bond motifs is 1. The van der Waals surface area contributed by atoms with E-state index >= 15 is 0 Å². The molecule has 4 rings (SSSR count). The zero-order chi connectivity index (χ0) is 19.5. The van der Waals surface area contributed by atoms with E-state index in [1.54, 1.807) is 10.6 Å². The number of nitrogens with zero attached hydrogens (tertiary/aromatic N) is 3. The Balaban J connectivity index is 1.66. The highest BCUT2D eigenvalue weighted by atomic mass is 16.2. The lowest BCUT2D eigenvalue weighted by Gasteiger charge is -2.19. The first-order valence-corrected chi connectivity index (χ1v) is 9.78. The summed E-state index contributed by atoms with van der Waals surface area (Å²) in [6.07, 6.45) is 6.10. The second kappa shape index (κ2) is 7.84. The first kappa shape index (κ1) is 18.2. The van der Waals surface area contributed by atoms with Crippen molar-refractivity contribution in [2.24, 2.45) is 0 Å². The molecule has 28 heavy (non-hydrogen) atoms. The largest absolute Gasteiger partial charge is 0.337 e. The van der Waals surface area contributed by atoms with Gasteiger partial charge in [-0.1, -0.05) is 36.6 Å². The molecule has 0 bridgehead atoms. The number of rotatable bonds is 3. The lowest BCUT2D eigenvalue weighted by molar-refractivity contribution is 0.0758. The Hall–Kier alpha value is -3.15. The second-order valence-electron chi connectivity index (χ2n) is 7.27. The summed E-state index contributed by atoms with van der Waals surface area (Å²) >= 11 is 0. The minimum atomic E-state index is -0.333. The molecule has 1 aliphatic rings. The maximum absolute atomic E-state index is 13.1. The standard InChI is InChI=1S/C22H24N4O2/c1-16-9-11-17(12-10-16)23-21(27)20-24-19(18-8-4-7-15-26(18)20)22(28)25-13-5-2-3-6-14-25/h4,7-12,15H,2-3,5-6,13-14H2,1H3,(H,23,27).